The number of aromatic nitrogens is 2. The van der Waals surface area contributed by atoms with Gasteiger partial charge < -0.3 is 4.42 Å². The Hall–Kier alpha value is -2.81. The van der Waals surface area contributed by atoms with Crippen molar-refractivity contribution in [1.82, 2.24) is 9.97 Å². The summed E-state index contributed by atoms with van der Waals surface area (Å²) in [7, 11) is 0. The predicted molar refractivity (Wildman–Crippen MR) is 69.2 cm³/mol. The van der Waals surface area contributed by atoms with Gasteiger partial charge in [0, 0.05) is 18.0 Å². The maximum Gasteiger partial charge on any atom is 0.416 e. The van der Waals surface area contributed by atoms with E-state index in [-0.39, 0.29) is 17.0 Å². The molecule has 0 unspecified atom stereocenters. The van der Waals surface area contributed by atoms with Crippen LogP contribution in [0.2, 0.25) is 0 Å². The lowest BCUT2D eigenvalue weighted by Crippen LogP contribution is -2.03. The summed E-state index contributed by atoms with van der Waals surface area (Å²) >= 11 is 0. The lowest BCUT2D eigenvalue weighted by atomic mass is 10.2. The molecule has 0 saturated carbocycles. The molecule has 0 spiro atoms. The first-order valence-electron chi connectivity index (χ1n) is 5.92. The highest BCUT2D eigenvalue weighted by molar-refractivity contribution is 5.74. The molecule has 3 nitrogen and oxygen atoms in total. The van der Waals surface area contributed by atoms with Gasteiger partial charge >= 0.3 is 6.18 Å². The summed E-state index contributed by atoms with van der Waals surface area (Å²) in [6.07, 6.45) is -1.23. The van der Waals surface area contributed by atoms with Gasteiger partial charge in [0.25, 0.3) is 5.89 Å². The minimum atomic E-state index is -4.41. The van der Waals surface area contributed by atoms with Gasteiger partial charge in [-0.2, -0.15) is 13.2 Å². The van der Waals surface area contributed by atoms with Crippen molar-refractivity contribution >= 4 is 11.1 Å². The molecule has 1 aromatic carbocycles. The molecular weight excluding hydrogens is 281 g/mol. The third kappa shape index (κ3) is 2.87. The average molecular weight is 288 g/mol. The van der Waals surface area contributed by atoms with Gasteiger partial charge in [-0.15, -0.1) is 0 Å². The fraction of sp³-hybridized carbons (Fsp3) is 0.0667. The molecular formula is C15H7F3N2O. The molecule has 6 heteroatoms. The van der Waals surface area contributed by atoms with Crippen LogP contribution in [0.5, 0.6) is 0 Å². The van der Waals surface area contributed by atoms with Crippen LogP contribution < -0.4 is 0 Å². The summed E-state index contributed by atoms with van der Waals surface area (Å²) < 4.78 is 43.1. The number of nitrogens with zero attached hydrogens (tertiary/aromatic N) is 2. The van der Waals surface area contributed by atoms with E-state index in [0.717, 1.165) is 12.1 Å². The lowest BCUT2D eigenvalue weighted by Gasteiger charge is -2.04. The molecule has 104 valence electrons. The number of alkyl halides is 3. The van der Waals surface area contributed by atoms with Crippen LogP contribution in [0.3, 0.4) is 0 Å². The summed E-state index contributed by atoms with van der Waals surface area (Å²) in [5.74, 6) is 5.50. The number of benzene rings is 1. The predicted octanol–water partition coefficient (Wildman–Crippen LogP) is 3.64. The van der Waals surface area contributed by atoms with Crippen LogP contribution in [0, 0.1) is 11.8 Å². The second kappa shape index (κ2) is 4.94. The number of oxazole rings is 1. The molecule has 0 bridgehead atoms. The van der Waals surface area contributed by atoms with E-state index in [2.05, 4.69) is 21.8 Å². The van der Waals surface area contributed by atoms with E-state index in [1.165, 1.54) is 6.07 Å². The molecule has 0 aliphatic carbocycles. The minimum Gasteiger partial charge on any atom is -0.430 e. The van der Waals surface area contributed by atoms with E-state index >= 15 is 0 Å². The molecule has 0 radical (unpaired) electrons. The van der Waals surface area contributed by atoms with Crippen molar-refractivity contribution in [2.75, 3.05) is 0 Å². The van der Waals surface area contributed by atoms with Crippen LogP contribution >= 0.6 is 0 Å². The smallest absolute Gasteiger partial charge is 0.416 e. The zero-order chi connectivity index (χ0) is 14.9. The van der Waals surface area contributed by atoms with Crippen LogP contribution in [0.15, 0.2) is 47.1 Å². The highest BCUT2D eigenvalue weighted by Gasteiger charge is 2.30. The monoisotopic (exact) mass is 288 g/mol. The highest BCUT2D eigenvalue weighted by atomic mass is 19.4. The molecule has 0 atom stereocenters. The normalized spacial score (nSPS) is 11.2. The van der Waals surface area contributed by atoms with Crippen molar-refractivity contribution in [3.8, 4) is 11.8 Å². The largest absolute Gasteiger partial charge is 0.430 e. The van der Waals surface area contributed by atoms with Crippen LogP contribution in [0.1, 0.15) is 17.0 Å². The number of rotatable bonds is 0. The number of fused-ring (bicyclic) bond motifs is 1. The van der Waals surface area contributed by atoms with Gasteiger partial charge in [0.15, 0.2) is 5.58 Å². The quantitative estimate of drug-likeness (QED) is 0.593. The molecule has 0 saturated heterocycles. The number of pyridine rings is 1. The summed E-state index contributed by atoms with van der Waals surface area (Å²) in [6, 6.07) is 6.61. The molecule has 0 amide bonds. The van der Waals surface area contributed by atoms with Gasteiger partial charge in [0.1, 0.15) is 5.52 Å². The van der Waals surface area contributed by atoms with Gasteiger partial charge in [-0.25, -0.2) is 4.98 Å². The Balaban J connectivity index is 1.97. The fourth-order valence-electron chi connectivity index (χ4n) is 1.72. The summed E-state index contributed by atoms with van der Waals surface area (Å²) in [5, 5.41) is 0. The molecule has 2 aromatic heterocycles. The third-order valence-corrected chi connectivity index (χ3v) is 2.69. The molecule has 2 heterocycles. The van der Waals surface area contributed by atoms with Crippen LogP contribution in [0.25, 0.3) is 11.1 Å². The molecule has 21 heavy (non-hydrogen) atoms. The van der Waals surface area contributed by atoms with E-state index in [0.29, 0.717) is 5.56 Å². The maximum absolute atomic E-state index is 12.6. The first-order chi connectivity index (χ1) is 10.0. The first-order valence-corrected chi connectivity index (χ1v) is 5.92. The van der Waals surface area contributed by atoms with Crippen molar-refractivity contribution in [3.05, 3.63) is 59.7 Å². The van der Waals surface area contributed by atoms with E-state index in [9.17, 15) is 13.2 Å². The van der Waals surface area contributed by atoms with Crippen molar-refractivity contribution in [3.63, 3.8) is 0 Å². The second-order valence-corrected chi connectivity index (χ2v) is 4.19. The van der Waals surface area contributed by atoms with Crippen LogP contribution in [-0.2, 0) is 6.18 Å². The Morgan fingerprint density at radius 2 is 1.95 bits per heavy atom. The number of hydrogen-bond acceptors (Lipinski definition) is 3. The van der Waals surface area contributed by atoms with Crippen molar-refractivity contribution in [1.29, 1.82) is 0 Å². The molecule has 0 aliphatic rings. The topological polar surface area (TPSA) is 38.9 Å². The zero-order valence-corrected chi connectivity index (χ0v) is 10.5. The molecule has 0 N–H and O–H groups in total. The van der Waals surface area contributed by atoms with E-state index in [1.807, 2.05) is 0 Å². The van der Waals surface area contributed by atoms with Crippen LogP contribution in [0.4, 0.5) is 13.2 Å². The van der Waals surface area contributed by atoms with Gasteiger partial charge in [0.05, 0.1) is 5.56 Å². The molecule has 3 rings (SSSR count). The molecule has 0 fully saturated rings. The summed E-state index contributed by atoms with van der Waals surface area (Å²) in [5.41, 5.74) is 0.282. The second-order valence-electron chi connectivity index (χ2n) is 4.19. The van der Waals surface area contributed by atoms with E-state index in [4.69, 9.17) is 4.42 Å². The Morgan fingerprint density at radius 3 is 2.67 bits per heavy atom. The summed E-state index contributed by atoms with van der Waals surface area (Å²) in [6.45, 7) is 0. The van der Waals surface area contributed by atoms with Crippen molar-refractivity contribution < 1.29 is 17.6 Å². The van der Waals surface area contributed by atoms with Crippen molar-refractivity contribution in [2.45, 2.75) is 6.18 Å². The van der Waals surface area contributed by atoms with Gasteiger partial charge in [-0.1, -0.05) is 5.92 Å². The first kappa shape index (κ1) is 13.2. The summed E-state index contributed by atoms with van der Waals surface area (Å²) in [4.78, 5) is 7.84. The minimum absolute atomic E-state index is 0.0631. The Bertz CT molecular complexity index is 842. The van der Waals surface area contributed by atoms with Gasteiger partial charge in [-0.05, 0) is 36.3 Å². The van der Waals surface area contributed by atoms with Gasteiger partial charge in [0.2, 0.25) is 0 Å². The Kier molecular flexibility index (Phi) is 3.10. The van der Waals surface area contributed by atoms with Gasteiger partial charge in [-0.3, -0.25) is 4.98 Å². The molecule has 3 aromatic rings. The number of halogens is 3. The van der Waals surface area contributed by atoms with E-state index < -0.39 is 11.7 Å². The Morgan fingerprint density at radius 1 is 1.10 bits per heavy atom. The third-order valence-electron chi connectivity index (χ3n) is 2.69. The zero-order valence-electron chi connectivity index (χ0n) is 10.5. The van der Waals surface area contributed by atoms with E-state index in [1.54, 1.807) is 24.5 Å². The highest BCUT2D eigenvalue weighted by Crippen LogP contribution is 2.31. The maximum atomic E-state index is 12.6. The standard InChI is InChI=1S/C15H7F3N2O/c16-15(17,18)11-4-5-13-12(8-11)20-14(21-13)6-3-10-2-1-7-19-9-10/h1-2,4-5,7-9H. The molecule has 0 aliphatic heterocycles. The van der Waals surface area contributed by atoms with Crippen molar-refractivity contribution in [2.24, 2.45) is 0 Å². The van der Waals surface area contributed by atoms with Crippen LogP contribution in [-0.4, -0.2) is 9.97 Å². The average Bonchev–Trinajstić information content (AvgIpc) is 2.87. The lowest BCUT2D eigenvalue weighted by molar-refractivity contribution is -0.137. The Labute approximate surface area is 117 Å². The number of hydrogen-bond donors (Lipinski definition) is 0. The fourth-order valence-corrected chi connectivity index (χ4v) is 1.72. The SMILES string of the molecule is FC(F)(F)c1ccc2oc(C#Cc3cccnc3)nc2c1.